The van der Waals surface area contributed by atoms with Crippen LogP contribution in [-0.2, 0) is 6.42 Å². The fourth-order valence-electron chi connectivity index (χ4n) is 1.89. The molecule has 0 atom stereocenters. The average molecular weight is 305 g/mol. The number of nitrogens with one attached hydrogen (secondary N) is 2. The van der Waals surface area contributed by atoms with Gasteiger partial charge in [0.1, 0.15) is 5.69 Å². The molecule has 110 valence electrons. The van der Waals surface area contributed by atoms with Crippen molar-refractivity contribution in [3.05, 3.63) is 56.3 Å². The summed E-state index contributed by atoms with van der Waals surface area (Å²) in [5.74, 6) is -0.238. The normalized spacial score (nSPS) is 10.1. The summed E-state index contributed by atoms with van der Waals surface area (Å²) in [6, 6.07) is 8.26. The molecule has 0 radical (unpaired) electrons. The van der Waals surface area contributed by atoms with Crippen LogP contribution in [0.2, 0.25) is 0 Å². The molecule has 0 saturated carbocycles. The molecule has 0 fully saturated rings. The minimum atomic E-state index is -0.482. The Morgan fingerprint density at radius 2 is 2.19 bits per heavy atom. The van der Waals surface area contributed by atoms with Gasteiger partial charge in [0.15, 0.2) is 0 Å². The zero-order valence-electron chi connectivity index (χ0n) is 11.5. The van der Waals surface area contributed by atoms with Gasteiger partial charge in [-0.3, -0.25) is 14.9 Å². The lowest BCUT2D eigenvalue weighted by Gasteiger charge is -2.07. The minimum absolute atomic E-state index is 0.0485. The van der Waals surface area contributed by atoms with Crippen molar-refractivity contribution in [2.45, 2.75) is 6.42 Å². The predicted octanol–water partition coefficient (Wildman–Crippen LogP) is 2.67. The summed E-state index contributed by atoms with van der Waals surface area (Å²) in [6.07, 6.45) is 0.773. The molecule has 2 aromatic rings. The van der Waals surface area contributed by atoms with Gasteiger partial charge in [0.2, 0.25) is 0 Å². The van der Waals surface area contributed by atoms with Crippen molar-refractivity contribution in [1.29, 1.82) is 0 Å². The smallest absolute Gasteiger partial charge is 0.292 e. The zero-order chi connectivity index (χ0) is 15.2. The number of carbonyl (C=O) groups is 1. The van der Waals surface area contributed by atoms with Gasteiger partial charge in [-0.25, -0.2) is 0 Å². The van der Waals surface area contributed by atoms with Gasteiger partial charge in [-0.05, 0) is 30.0 Å². The highest BCUT2D eigenvalue weighted by atomic mass is 32.1. The Labute approximate surface area is 126 Å². The van der Waals surface area contributed by atoms with Crippen LogP contribution in [0.25, 0.3) is 0 Å². The molecule has 1 aromatic carbocycles. The summed E-state index contributed by atoms with van der Waals surface area (Å²) in [6.45, 7) is 0.533. The fraction of sp³-hybridized carbons (Fsp3) is 0.214. The van der Waals surface area contributed by atoms with E-state index in [1.54, 1.807) is 18.4 Å². The van der Waals surface area contributed by atoms with E-state index in [0.29, 0.717) is 17.8 Å². The number of carbonyl (C=O) groups excluding carboxylic acids is 1. The first kappa shape index (κ1) is 15.0. The number of nitrogens with zero attached hydrogens (tertiary/aromatic N) is 1. The summed E-state index contributed by atoms with van der Waals surface area (Å²) in [5.41, 5.74) is 0.676. The molecule has 2 N–H and O–H groups in total. The number of hydrogen-bond acceptors (Lipinski definition) is 5. The SMILES string of the molecule is CNc1cc(C(=O)NCCc2cccs2)ccc1[N+](=O)[O-]. The van der Waals surface area contributed by atoms with Gasteiger partial charge in [0.25, 0.3) is 11.6 Å². The molecule has 0 aliphatic heterocycles. The second-order valence-corrected chi connectivity index (χ2v) is 5.36. The van der Waals surface area contributed by atoms with Gasteiger partial charge in [-0.2, -0.15) is 0 Å². The van der Waals surface area contributed by atoms with E-state index in [1.807, 2.05) is 17.5 Å². The Kier molecular flexibility index (Phi) is 4.89. The topological polar surface area (TPSA) is 84.3 Å². The Morgan fingerprint density at radius 3 is 2.81 bits per heavy atom. The van der Waals surface area contributed by atoms with E-state index >= 15 is 0 Å². The maximum Gasteiger partial charge on any atom is 0.292 e. The van der Waals surface area contributed by atoms with Crippen molar-refractivity contribution in [2.24, 2.45) is 0 Å². The van der Waals surface area contributed by atoms with Crippen molar-refractivity contribution in [2.75, 3.05) is 18.9 Å². The highest BCUT2D eigenvalue weighted by molar-refractivity contribution is 7.09. The Hall–Kier alpha value is -2.41. The van der Waals surface area contributed by atoms with E-state index in [9.17, 15) is 14.9 Å². The van der Waals surface area contributed by atoms with Gasteiger partial charge in [-0.15, -0.1) is 11.3 Å². The molecule has 7 heteroatoms. The lowest BCUT2D eigenvalue weighted by molar-refractivity contribution is -0.383. The molecule has 0 unspecified atom stereocenters. The van der Waals surface area contributed by atoms with Crippen molar-refractivity contribution >= 4 is 28.6 Å². The second kappa shape index (κ2) is 6.85. The standard InChI is InChI=1S/C14H15N3O3S/c1-15-12-9-10(4-5-13(12)17(19)20)14(18)16-7-6-11-3-2-8-21-11/h2-5,8-9,15H,6-7H2,1H3,(H,16,18). The summed E-state index contributed by atoms with van der Waals surface area (Å²) >= 11 is 1.65. The van der Waals surface area contributed by atoms with Crippen LogP contribution >= 0.6 is 11.3 Å². The summed E-state index contributed by atoms with van der Waals surface area (Å²) < 4.78 is 0. The highest BCUT2D eigenvalue weighted by Crippen LogP contribution is 2.24. The minimum Gasteiger partial charge on any atom is -0.383 e. The number of nitro groups is 1. The summed E-state index contributed by atoms with van der Waals surface area (Å²) in [4.78, 5) is 23.6. The first-order chi connectivity index (χ1) is 10.1. The monoisotopic (exact) mass is 305 g/mol. The Bertz CT molecular complexity index is 641. The molecule has 2 rings (SSSR count). The maximum absolute atomic E-state index is 12.0. The quantitative estimate of drug-likeness (QED) is 0.635. The van der Waals surface area contributed by atoms with Crippen LogP contribution in [0, 0.1) is 10.1 Å². The van der Waals surface area contributed by atoms with E-state index in [0.717, 1.165) is 6.42 Å². The molecule has 1 amide bonds. The van der Waals surface area contributed by atoms with Gasteiger partial charge in [0, 0.05) is 30.1 Å². The zero-order valence-corrected chi connectivity index (χ0v) is 12.3. The van der Waals surface area contributed by atoms with Crippen molar-refractivity contribution in [3.8, 4) is 0 Å². The Balaban J connectivity index is 2.00. The number of nitro benzene ring substituents is 1. The van der Waals surface area contributed by atoms with Crippen LogP contribution in [-0.4, -0.2) is 24.4 Å². The third kappa shape index (κ3) is 3.79. The lowest BCUT2D eigenvalue weighted by atomic mass is 10.1. The third-order valence-electron chi connectivity index (χ3n) is 2.96. The molecule has 0 aliphatic rings. The fourth-order valence-corrected chi connectivity index (χ4v) is 2.60. The molecular formula is C14H15N3O3S. The van der Waals surface area contributed by atoms with Gasteiger partial charge < -0.3 is 10.6 Å². The first-order valence-corrected chi connectivity index (χ1v) is 7.26. The van der Waals surface area contributed by atoms with Crippen LogP contribution in [0.4, 0.5) is 11.4 Å². The predicted molar refractivity (Wildman–Crippen MR) is 83.0 cm³/mol. The van der Waals surface area contributed by atoms with E-state index in [2.05, 4.69) is 10.6 Å². The largest absolute Gasteiger partial charge is 0.383 e. The molecule has 0 spiro atoms. The molecule has 0 bridgehead atoms. The third-order valence-corrected chi connectivity index (χ3v) is 3.90. The van der Waals surface area contributed by atoms with Gasteiger partial charge >= 0.3 is 0 Å². The molecule has 1 heterocycles. The number of hydrogen-bond donors (Lipinski definition) is 2. The van der Waals surface area contributed by atoms with E-state index < -0.39 is 4.92 Å². The van der Waals surface area contributed by atoms with Crippen molar-refractivity contribution < 1.29 is 9.72 Å². The van der Waals surface area contributed by atoms with E-state index in [1.165, 1.54) is 23.1 Å². The van der Waals surface area contributed by atoms with Crippen LogP contribution < -0.4 is 10.6 Å². The number of thiophene rings is 1. The van der Waals surface area contributed by atoms with Gasteiger partial charge in [0.05, 0.1) is 4.92 Å². The summed E-state index contributed by atoms with van der Waals surface area (Å²) in [7, 11) is 1.58. The van der Waals surface area contributed by atoms with Crippen LogP contribution in [0.15, 0.2) is 35.7 Å². The second-order valence-electron chi connectivity index (χ2n) is 4.32. The summed E-state index contributed by atoms with van der Waals surface area (Å²) in [5, 5.41) is 18.4. The molecule has 0 aliphatic carbocycles. The van der Waals surface area contributed by atoms with Crippen LogP contribution in [0.5, 0.6) is 0 Å². The van der Waals surface area contributed by atoms with Gasteiger partial charge in [-0.1, -0.05) is 6.07 Å². The molecule has 0 saturated heterocycles. The lowest BCUT2D eigenvalue weighted by Crippen LogP contribution is -2.25. The maximum atomic E-state index is 12.0. The number of anilines is 1. The van der Waals surface area contributed by atoms with Crippen LogP contribution in [0.3, 0.4) is 0 Å². The van der Waals surface area contributed by atoms with E-state index in [-0.39, 0.29) is 11.6 Å². The number of amides is 1. The van der Waals surface area contributed by atoms with Crippen LogP contribution in [0.1, 0.15) is 15.2 Å². The number of rotatable bonds is 6. The van der Waals surface area contributed by atoms with Crippen molar-refractivity contribution in [1.82, 2.24) is 5.32 Å². The Morgan fingerprint density at radius 1 is 1.38 bits per heavy atom. The molecule has 1 aromatic heterocycles. The molecular weight excluding hydrogens is 290 g/mol. The first-order valence-electron chi connectivity index (χ1n) is 6.38. The highest BCUT2D eigenvalue weighted by Gasteiger charge is 2.15. The molecule has 21 heavy (non-hydrogen) atoms. The average Bonchev–Trinajstić information content (AvgIpc) is 2.99. The number of benzene rings is 1. The van der Waals surface area contributed by atoms with E-state index in [4.69, 9.17) is 0 Å². The molecule has 6 nitrogen and oxygen atoms in total. The van der Waals surface area contributed by atoms with Crippen molar-refractivity contribution in [3.63, 3.8) is 0 Å².